The molecule has 0 fully saturated rings. The molecule has 0 radical (unpaired) electrons. The number of methoxy groups -OCH3 is 2. The fourth-order valence-corrected chi connectivity index (χ4v) is 2.95. The van der Waals surface area contributed by atoms with Crippen molar-refractivity contribution in [3.8, 4) is 22.9 Å². The molecular formula is C17H14ClN3O3S. The second-order valence-corrected chi connectivity index (χ2v) is 6.11. The van der Waals surface area contributed by atoms with Gasteiger partial charge in [0.05, 0.1) is 19.2 Å². The number of aromatic nitrogens is 2. The van der Waals surface area contributed by atoms with Gasteiger partial charge in [0.2, 0.25) is 5.13 Å². The Balaban J connectivity index is 1.74. The number of hydrogen-bond acceptors (Lipinski definition) is 6. The molecule has 0 atom stereocenters. The largest absolute Gasteiger partial charge is 0.497 e. The number of amides is 1. The molecule has 1 N–H and O–H groups in total. The molecule has 3 rings (SSSR count). The van der Waals surface area contributed by atoms with Crippen molar-refractivity contribution in [3.63, 3.8) is 0 Å². The average Bonchev–Trinajstić information content (AvgIpc) is 3.10. The number of hydrogen-bond donors (Lipinski definition) is 1. The molecule has 2 aromatic carbocycles. The molecule has 0 aliphatic heterocycles. The first-order valence-corrected chi connectivity index (χ1v) is 8.39. The van der Waals surface area contributed by atoms with Crippen molar-refractivity contribution < 1.29 is 14.3 Å². The highest BCUT2D eigenvalue weighted by Gasteiger charge is 2.13. The van der Waals surface area contributed by atoms with Crippen LogP contribution in [0, 0.1) is 0 Å². The molecule has 1 amide bonds. The van der Waals surface area contributed by atoms with E-state index in [2.05, 4.69) is 14.7 Å². The third-order valence-corrected chi connectivity index (χ3v) is 4.33. The van der Waals surface area contributed by atoms with E-state index in [9.17, 15) is 4.79 Å². The summed E-state index contributed by atoms with van der Waals surface area (Å²) in [4.78, 5) is 16.6. The Morgan fingerprint density at radius 1 is 1.12 bits per heavy atom. The van der Waals surface area contributed by atoms with E-state index >= 15 is 0 Å². The van der Waals surface area contributed by atoms with E-state index in [1.165, 1.54) is 7.11 Å². The Morgan fingerprint density at radius 2 is 1.88 bits per heavy atom. The van der Waals surface area contributed by atoms with Crippen LogP contribution < -0.4 is 14.8 Å². The number of nitrogens with zero attached hydrogens (tertiary/aromatic N) is 2. The van der Waals surface area contributed by atoms with Crippen molar-refractivity contribution >= 4 is 34.2 Å². The maximum Gasteiger partial charge on any atom is 0.257 e. The quantitative estimate of drug-likeness (QED) is 0.725. The van der Waals surface area contributed by atoms with E-state index in [-0.39, 0.29) is 5.91 Å². The van der Waals surface area contributed by atoms with E-state index in [0.717, 1.165) is 22.8 Å². The molecule has 0 saturated carbocycles. The summed E-state index contributed by atoms with van der Waals surface area (Å²) in [6.07, 6.45) is 0. The molecule has 0 aliphatic carbocycles. The lowest BCUT2D eigenvalue weighted by atomic mass is 10.2. The third-order valence-electron chi connectivity index (χ3n) is 3.41. The maximum atomic E-state index is 12.3. The predicted octanol–water partition coefficient (Wildman–Crippen LogP) is 4.13. The van der Waals surface area contributed by atoms with Crippen molar-refractivity contribution in [2.24, 2.45) is 0 Å². The van der Waals surface area contributed by atoms with E-state index in [1.54, 1.807) is 25.3 Å². The first-order valence-electron chi connectivity index (χ1n) is 7.23. The summed E-state index contributed by atoms with van der Waals surface area (Å²) >= 11 is 7.15. The van der Waals surface area contributed by atoms with E-state index in [1.807, 2.05) is 24.3 Å². The summed E-state index contributed by atoms with van der Waals surface area (Å²) in [6.45, 7) is 0. The maximum absolute atomic E-state index is 12.3. The molecule has 1 heterocycles. The van der Waals surface area contributed by atoms with Crippen LogP contribution in [0.3, 0.4) is 0 Å². The lowest BCUT2D eigenvalue weighted by molar-refractivity contribution is 0.102. The number of ether oxygens (including phenoxy) is 2. The highest BCUT2D eigenvalue weighted by atomic mass is 35.5. The van der Waals surface area contributed by atoms with Crippen molar-refractivity contribution in [2.45, 2.75) is 0 Å². The molecule has 0 saturated heterocycles. The summed E-state index contributed by atoms with van der Waals surface area (Å²) < 4.78 is 14.5. The van der Waals surface area contributed by atoms with Crippen LogP contribution in [0.4, 0.5) is 5.13 Å². The Kier molecular flexibility index (Phi) is 5.16. The van der Waals surface area contributed by atoms with Crippen LogP contribution in [0.5, 0.6) is 11.5 Å². The lowest BCUT2D eigenvalue weighted by Crippen LogP contribution is -2.11. The molecule has 8 heteroatoms. The van der Waals surface area contributed by atoms with Crippen LogP contribution in [-0.2, 0) is 0 Å². The number of carbonyl (C=O) groups excluding carboxylic acids is 1. The minimum atomic E-state index is -0.318. The minimum Gasteiger partial charge on any atom is -0.497 e. The number of carbonyl (C=O) groups is 1. The number of halogens is 1. The summed E-state index contributed by atoms with van der Waals surface area (Å²) in [5, 5.41) is 3.49. The van der Waals surface area contributed by atoms with Gasteiger partial charge in [0.25, 0.3) is 5.91 Å². The second kappa shape index (κ2) is 7.50. The van der Waals surface area contributed by atoms with Gasteiger partial charge in [0.15, 0.2) is 5.82 Å². The molecular weight excluding hydrogens is 362 g/mol. The van der Waals surface area contributed by atoms with E-state index in [4.69, 9.17) is 21.1 Å². The standard InChI is InChI=1S/C17H14ClN3O3S/c1-23-12-6-3-10(4-7-12)15-19-17(25-21-15)20-16(22)11-5-8-14(24-2)13(18)9-11/h3-9H,1-2H3,(H,19,20,21,22). The second-order valence-electron chi connectivity index (χ2n) is 4.96. The predicted molar refractivity (Wildman–Crippen MR) is 97.9 cm³/mol. The normalized spacial score (nSPS) is 10.4. The topological polar surface area (TPSA) is 73.3 Å². The van der Waals surface area contributed by atoms with Gasteiger partial charge < -0.3 is 9.47 Å². The van der Waals surface area contributed by atoms with Gasteiger partial charge in [0, 0.05) is 22.7 Å². The van der Waals surface area contributed by atoms with E-state index in [0.29, 0.717) is 27.3 Å². The number of rotatable bonds is 5. The summed E-state index contributed by atoms with van der Waals surface area (Å²) in [6, 6.07) is 12.2. The van der Waals surface area contributed by atoms with Crippen molar-refractivity contribution in [2.75, 3.05) is 19.5 Å². The van der Waals surface area contributed by atoms with Crippen LogP contribution in [-0.4, -0.2) is 29.5 Å². The van der Waals surface area contributed by atoms with Crippen LogP contribution in [0.25, 0.3) is 11.4 Å². The average molecular weight is 376 g/mol. The Labute approximate surface area is 153 Å². The van der Waals surface area contributed by atoms with Crippen LogP contribution in [0.2, 0.25) is 5.02 Å². The van der Waals surface area contributed by atoms with Gasteiger partial charge in [0.1, 0.15) is 11.5 Å². The molecule has 1 aromatic heterocycles. The molecule has 6 nitrogen and oxygen atoms in total. The minimum absolute atomic E-state index is 0.318. The number of anilines is 1. The van der Waals surface area contributed by atoms with Crippen molar-refractivity contribution in [1.29, 1.82) is 0 Å². The first kappa shape index (κ1) is 17.2. The van der Waals surface area contributed by atoms with Crippen LogP contribution in [0.15, 0.2) is 42.5 Å². The number of benzene rings is 2. The SMILES string of the molecule is COc1ccc(-c2nsc(NC(=O)c3ccc(OC)c(Cl)c3)n2)cc1. The number of nitrogens with one attached hydrogen (secondary N) is 1. The Morgan fingerprint density at radius 3 is 2.52 bits per heavy atom. The van der Waals surface area contributed by atoms with Gasteiger partial charge in [-0.15, -0.1) is 0 Å². The van der Waals surface area contributed by atoms with Crippen molar-refractivity contribution in [3.05, 3.63) is 53.1 Å². The molecule has 0 bridgehead atoms. The van der Waals surface area contributed by atoms with Gasteiger partial charge in [-0.1, -0.05) is 11.6 Å². The Hall–Kier alpha value is -2.64. The van der Waals surface area contributed by atoms with Gasteiger partial charge in [-0.2, -0.15) is 9.36 Å². The fourth-order valence-electron chi connectivity index (χ4n) is 2.11. The zero-order valence-corrected chi connectivity index (χ0v) is 15.0. The third kappa shape index (κ3) is 3.89. The fraction of sp³-hybridized carbons (Fsp3) is 0.118. The van der Waals surface area contributed by atoms with Crippen LogP contribution in [0.1, 0.15) is 10.4 Å². The summed E-state index contributed by atoms with van der Waals surface area (Å²) in [5.41, 5.74) is 1.25. The van der Waals surface area contributed by atoms with Gasteiger partial charge in [-0.05, 0) is 42.5 Å². The molecule has 128 valence electrons. The van der Waals surface area contributed by atoms with Gasteiger partial charge in [-0.3, -0.25) is 10.1 Å². The van der Waals surface area contributed by atoms with E-state index < -0.39 is 0 Å². The highest BCUT2D eigenvalue weighted by Crippen LogP contribution is 2.26. The summed E-state index contributed by atoms with van der Waals surface area (Å²) in [5.74, 6) is 1.48. The van der Waals surface area contributed by atoms with Gasteiger partial charge in [-0.25, -0.2) is 0 Å². The van der Waals surface area contributed by atoms with Gasteiger partial charge >= 0.3 is 0 Å². The zero-order chi connectivity index (χ0) is 17.8. The lowest BCUT2D eigenvalue weighted by Gasteiger charge is -2.05. The summed E-state index contributed by atoms with van der Waals surface area (Å²) in [7, 11) is 3.12. The highest BCUT2D eigenvalue weighted by molar-refractivity contribution is 7.10. The zero-order valence-electron chi connectivity index (χ0n) is 13.4. The first-order chi connectivity index (χ1) is 12.1. The molecule has 0 aliphatic rings. The molecule has 0 spiro atoms. The molecule has 3 aromatic rings. The monoisotopic (exact) mass is 375 g/mol. The Bertz CT molecular complexity index is 896. The van der Waals surface area contributed by atoms with Crippen LogP contribution >= 0.6 is 23.1 Å². The molecule has 0 unspecified atom stereocenters. The molecule has 25 heavy (non-hydrogen) atoms. The van der Waals surface area contributed by atoms with Crippen molar-refractivity contribution in [1.82, 2.24) is 9.36 Å². The smallest absolute Gasteiger partial charge is 0.257 e.